The lowest BCUT2D eigenvalue weighted by molar-refractivity contribution is 0.120. The van der Waals surface area contributed by atoms with Gasteiger partial charge in [-0.15, -0.1) is 0 Å². The third kappa shape index (κ3) is 4.96. The Bertz CT molecular complexity index is 395. The molecular formula is C11H23N3O4S. The number of carbonyl (C=O) groups excluding carboxylic acids is 1. The van der Waals surface area contributed by atoms with E-state index in [1.807, 2.05) is 4.72 Å². The molecule has 0 aromatic rings. The molecule has 112 valence electrons. The number of hydrogen-bond acceptors (Lipinski definition) is 5. The largest absolute Gasteiger partial charge is 0.446 e. The Hall–Kier alpha value is -0.860. The Kier molecular flexibility index (Phi) is 6.02. The second-order valence-corrected chi connectivity index (χ2v) is 6.50. The number of carbonyl (C=O) groups is 1. The number of likely N-dealkylation sites (N-methyl/N-ethyl adjacent to an activating group) is 1. The van der Waals surface area contributed by atoms with Crippen molar-refractivity contribution < 1.29 is 17.9 Å². The average molecular weight is 293 g/mol. The molecule has 8 heteroatoms. The van der Waals surface area contributed by atoms with Gasteiger partial charge in [0.25, 0.3) is 0 Å². The Balaban J connectivity index is 2.70. The summed E-state index contributed by atoms with van der Waals surface area (Å²) in [6.07, 6.45) is 1.31. The molecule has 1 aliphatic heterocycles. The van der Waals surface area contributed by atoms with Crippen molar-refractivity contribution in [1.82, 2.24) is 14.3 Å². The molecule has 0 saturated carbocycles. The van der Waals surface area contributed by atoms with Gasteiger partial charge >= 0.3 is 16.3 Å². The summed E-state index contributed by atoms with van der Waals surface area (Å²) in [4.78, 5) is 11.4. The van der Waals surface area contributed by atoms with E-state index in [4.69, 9.17) is 4.74 Å². The summed E-state index contributed by atoms with van der Waals surface area (Å²) in [6.45, 7) is 4.32. The zero-order valence-corrected chi connectivity index (χ0v) is 12.5. The molecule has 0 bridgehead atoms. The molecule has 0 spiro atoms. The number of hydrogen-bond donors (Lipinski definition) is 2. The van der Waals surface area contributed by atoms with Gasteiger partial charge in [0, 0.05) is 19.1 Å². The molecule has 1 atom stereocenters. The Morgan fingerprint density at radius 3 is 2.68 bits per heavy atom. The number of piperidine rings is 1. The minimum Gasteiger partial charge on any atom is -0.446 e. The maximum Gasteiger partial charge on any atom is 0.422 e. The summed E-state index contributed by atoms with van der Waals surface area (Å²) in [5, 5.41) is 2.97. The molecule has 0 aliphatic carbocycles. The van der Waals surface area contributed by atoms with Gasteiger partial charge in [-0.2, -0.15) is 12.7 Å². The van der Waals surface area contributed by atoms with Crippen molar-refractivity contribution in [2.45, 2.75) is 45.3 Å². The van der Waals surface area contributed by atoms with Crippen molar-refractivity contribution in [3.05, 3.63) is 0 Å². The maximum absolute atomic E-state index is 12.1. The van der Waals surface area contributed by atoms with Gasteiger partial charge in [-0.1, -0.05) is 6.42 Å². The lowest BCUT2D eigenvalue weighted by atomic mass is 10.1. The van der Waals surface area contributed by atoms with Crippen LogP contribution >= 0.6 is 0 Å². The first-order valence-corrected chi connectivity index (χ1v) is 7.95. The highest BCUT2D eigenvalue weighted by Crippen LogP contribution is 2.19. The lowest BCUT2D eigenvalue weighted by Gasteiger charge is -2.34. The van der Waals surface area contributed by atoms with E-state index in [-0.39, 0.29) is 12.1 Å². The van der Waals surface area contributed by atoms with Crippen LogP contribution in [0.4, 0.5) is 4.79 Å². The van der Waals surface area contributed by atoms with Gasteiger partial charge in [0.05, 0.1) is 6.10 Å². The highest BCUT2D eigenvalue weighted by atomic mass is 32.2. The molecule has 1 heterocycles. The molecular weight excluding hydrogens is 270 g/mol. The summed E-state index contributed by atoms with van der Waals surface area (Å²) < 4.78 is 32.4. The first-order chi connectivity index (χ1) is 8.86. The van der Waals surface area contributed by atoms with E-state index in [2.05, 4.69) is 5.32 Å². The van der Waals surface area contributed by atoms with Crippen molar-refractivity contribution in [3.63, 3.8) is 0 Å². The van der Waals surface area contributed by atoms with Crippen LogP contribution in [0, 0.1) is 0 Å². The van der Waals surface area contributed by atoms with E-state index < -0.39 is 16.3 Å². The highest BCUT2D eigenvalue weighted by Gasteiger charge is 2.33. The standard InChI is InChI=1S/C11H23N3O4S/c1-9(2)18-11(15)13-19(16,17)14-7-5-4-6-10(14)8-12-3/h9-10,12H,4-8H2,1-3H3,(H,13,15). The number of nitrogens with zero attached hydrogens (tertiary/aromatic N) is 1. The van der Waals surface area contributed by atoms with Crippen molar-refractivity contribution in [1.29, 1.82) is 0 Å². The fourth-order valence-corrected chi connectivity index (χ4v) is 3.45. The van der Waals surface area contributed by atoms with Crippen LogP contribution in [0.2, 0.25) is 0 Å². The van der Waals surface area contributed by atoms with E-state index in [9.17, 15) is 13.2 Å². The van der Waals surface area contributed by atoms with Gasteiger partial charge in [0.15, 0.2) is 0 Å². The Morgan fingerprint density at radius 2 is 2.11 bits per heavy atom. The number of ether oxygens (including phenoxy) is 1. The average Bonchev–Trinajstić information content (AvgIpc) is 2.27. The van der Waals surface area contributed by atoms with E-state index in [1.54, 1.807) is 20.9 Å². The molecule has 0 aromatic heterocycles. The fourth-order valence-electron chi connectivity index (χ4n) is 2.13. The third-order valence-corrected chi connectivity index (χ3v) is 4.40. The van der Waals surface area contributed by atoms with Crippen LogP contribution in [0.3, 0.4) is 0 Å². The quantitative estimate of drug-likeness (QED) is 0.768. The van der Waals surface area contributed by atoms with E-state index in [1.165, 1.54) is 4.31 Å². The first-order valence-electron chi connectivity index (χ1n) is 6.51. The predicted octanol–water partition coefficient (Wildman–Crippen LogP) is 0.440. The fraction of sp³-hybridized carbons (Fsp3) is 0.909. The lowest BCUT2D eigenvalue weighted by Crippen LogP contribution is -2.53. The summed E-state index contributed by atoms with van der Waals surface area (Å²) in [5.74, 6) is 0. The molecule has 0 radical (unpaired) electrons. The Labute approximate surface area is 114 Å². The molecule has 7 nitrogen and oxygen atoms in total. The van der Waals surface area contributed by atoms with Crippen molar-refractivity contribution >= 4 is 16.3 Å². The van der Waals surface area contributed by atoms with E-state index in [0.29, 0.717) is 13.1 Å². The van der Waals surface area contributed by atoms with Crippen LogP contribution in [-0.4, -0.2) is 51.1 Å². The van der Waals surface area contributed by atoms with Gasteiger partial charge in [-0.25, -0.2) is 9.52 Å². The smallest absolute Gasteiger partial charge is 0.422 e. The van der Waals surface area contributed by atoms with Gasteiger partial charge < -0.3 is 10.1 Å². The topological polar surface area (TPSA) is 87.7 Å². The van der Waals surface area contributed by atoms with Gasteiger partial charge in [-0.3, -0.25) is 0 Å². The number of rotatable bonds is 5. The van der Waals surface area contributed by atoms with Gasteiger partial charge in [0.2, 0.25) is 0 Å². The zero-order chi connectivity index (χ0) is 14.5. The second kappa shape index (κ2) is 7.06. The van der Waals surface area contributed by atoms with Crippen molar-refractivity contribution in [2.24, 2.45) is 0 Å². The Morgan fingerprint density at radius 1 is 1.42 bits per heavy atom. The van der Waals surface area contributed by atoms with Gasteiger partial charge in [-0.05, 0) is 33.7 Å². The van der Waals surface area contributed by atoms with E-state index in [0.717, 1.165) is 19.3 Å². The molecule has 1 aliphatic rings. The van der Waals surface area contributed by atoms with Crippen LogP contribution in [-0.2, 0) is 14.9 Å². The summed E-state index contributed by atoms with van der Waals surface area (Å²) in [5.41, 5.74) is 0. The van der Waals surface area contributed by atoms with Crippen LogP contribution in [0.15, 0.2) is 0 Å². The summed E-state index contributed by atoms with van der Waals surface area (Å²) in [7, 11) is -2.05. The molecule has 1 rings (SSSR count). The highest BCUT2D eigenvalue weighted by molar-refractivity contribution is 7.87. The molecule has 1 saturated heterocycles. The molecule has 1 unspecified atom stereocenters. The zero-order valence-electron chi connectivity index (χ0n) is 11.7. The normalized spacial score (nSPS) is 21.4. The number of amides is 1. The summed E-state index contributed by atoms with van der Waals surface area (Å²) >= 11 is 0. The van der Waals surface area contributed by atoms with Crippen molar-refractivity contribution in [3.8, 4) is 0 Å². The molecule has 19 heavy (non-hydrogen) atoms. The predicted molar refractivity (Wildman–Crippen MR) is 71.9 cm³/mol. The van der Waals surface area contributed by atoms with Crippen LogP contribution in [0.1, 0.15) is 33.1 Å². The van der Waals surface area contributed by atoms with Gasteiger partial charge in [0.1, 0.15) is 0 Å². The van der Waals surface area contributed by atoms with Crippen LogP contribution < -0.4 is 10.0 Å². The molecule has 1 fully saturated rings. The van der Waals surface area contributed by atoms with Crippen molar-refractivity contribution in [2.75, 3.05) is 20.1 Å². The maximum atomic E-state index is 12.1. The SMILES string of the molecule is CNCC1CCCCN1S(=O)(=O)NC(=O)OC(C)C. The van der Waals surface area contributed by atoms with Crippen LogP contribution in [0.25, 0.3) is 0 Å². The van der Waals surface area contributed by atoms with Crippen LogP contribution in [0.5, 0.6) is 0 Å². The summed E-state index contributed by atoms with van der Waals surface area (Å²) in [6, 6.07) is -0.122. The first kappa shape index (κ1) is 16.2. The molecule has 1 amide bonds. The molecule has 0 aromatic carbocycles. The minimum atomic E-state index is -3.83. The monoisotopic (exact) mass is 293 g/mol. The number of nitrogens with one attached hydrogen (secondary N) is 2. The van der Waals surface area contributed by atoms with E-state index >= 15 is 0 Å². The second-order valence-electron chi connectivity index (χ2n) is 4.88. The minimum absolute atomic E-state index is 0.122. The molecule has 2 N–H and O–H groups in total. The third-order valence-electron chi connectivity index (χ3n) is 2.88.